The van der Waals surface area contributed by atoms with Crippen LogP contribution in [0.2, 0.25) is 0 Å². The highest BCUT2D eigenvalue weighted by Crippen LogP contribution is 2.20. The van der Waals surface area contributed by atoms with E-state index in [1.165, 1.54) is 12.8 Å². The fourth-order valence-electron chi connectivity index (χ4n) is 1.01. The van der Waals surface area contributed by atoms with Crippen molar-refractivity contribution in [1.82, 2.24) is 0 Å². The SMILES string of the molecule is C#CCSC1CCOCC1. The molecule has 56 valence electrons. The molecule has 0 amide bonds. The summed E-state index contributed by atoms with van der Waals surface area (Å²) in [4.78, 5) is 0. The molecule has 1 saturated heterocycles. The maximum atomic E-state index is 5.21. The zero-order valence-electron chi connectivity index (χ0n) is 6.01. The van der Waals surface area contributed by atoms with Crippen molar-refractivity contribution in [3.8, 4) is 12.3 Å². The minimum Gasteiger partial charge on any atom is -0.381 e. The largest absolute Gasteiger partial charge is 0.381 e. The van der Waals surface area contributed by atoms with Gasteiger partial charge in [-0.1, -0.05) is 5.92 Å². The molecule has 1 nitrogen and oxygen atoms in total. The normalized spacial score (nSPS) is 20.3. The quantitative estimate of drug-likeness (QED) is 0.561. The van der Waals surface area contributed by atoms with E-state index < -0.39 is 0 Å². The van der Waals surface area contributed by atoms with E-state index in [1.807, 2.05) is 11.8 Å². The number of hydrogen-bond acceptors (Lipinski definition) is 2. The second-order valence-corrected chi connectivity index (χ2v) is 3.62. The molecule has 1 aliphatic heterocycles. The molecule has 0 N–H and O–H groups in total. The lowest BCUT2D eigenvalue weighted by atomic mass is 10.2. The van der Waals surface area contributed by atoms with Crippen LogP contribution in [0.1, 0.15) is 12.8 Å². The third-order valence-electron chi connectivity index (χ3n) is 1.57. The van der Waals surface area contributed by atoms with Gasteiger partial charge in [-0.15, -0.1) is 18.2 Å². The Kier molecular flexibility index (Phi) is 3.71. The van der Waals surface area contributed by atoms with Gasteiger partial charge in [0.05, 0.1) is 5.75 Å². The molecule has 1 heterocycles. The van der Waals surface area contributed by atoms with Crippen LogP contribution in [0.4, 0.5) is 0 Å². The molecule has 0 aromatic carbocycles. The first-order chi connectivity index (χ1) is 4.93. The maximum absolute atomic E-state index is 5.21. The lowest BCUT2D eigenvalue weighted by molar-refractivity contribution is 0.100. The van der Waals surface area contributed by atoms with Crippen LogP contribution in [0.5, 0.6) is 0 Å². The summed E-state index contributed by atoms with van der Waals surface area (Å²) < 4.78 is 5.21. The summed E-state index contributed by atoms with van der Waals surface area (Å²) >= 11 is 1.88. The first-order valence-electron chi connectivity index (χ1n) is 3.56. The third kappa shape index (κ3) is 2.64. The number of ether oxygens (including phenoxy) is 1. The summed E-state index contributed by atoms with van der Waals surface area (Å²) in [5, 5.41) is 0.754. The Morgan fingerprint density at radius 2 is 2.20 bits per heavy atom. The number of thioether (sulfide) groups is 1. The first kappa shape index (κ1) is 7.97. The van der Waals surface area contributed by atoms with Gasteiger partial charge in [0, 0.05) is 18.5 Å². The monoisotopic (exact) mass is 156 g/mol. The minimum atomic E-state index is 0.754. The second-order valence-electron chi connectivity index (χ2n) is 2.33. The van der Waals surface area contributed by atoms with Crippen LogP contribution in [-0.2, 0) is 4.74 Å². The minimum absolute atomic E-state index is 0.754. The van der Waals surface area contributed by atoms with Crippen LogP contribution >= 0.6 is 11.8 Å². The van der Waals surface area contributed by atoms with Crippen molar-refractivity contribution >= 4 is 11.8 Å². The van der Waals surface area contributed by atoms with E-state index in [2.05, 4.69) is 5.92 Å². The zero-order chi connectivity index (χ0) is 7.23. The molecule has 0 unspecified atom stereocenters. The van der Waals surface area contributed by atoms with Gasteiger partial charge in [0.15, 0.2) is 0 Å². The molecule has 2 heteroatoms. The van der Waals surface area contributed by atoms with E-state index in [-0.39, 0.29) is 0 Å². The Morgan fingerprint density at radius 3 is 2.80 bits per heavy atom. The smallest absolute Gasteiger partial charge is 0.0547 e. The van der Waals surface area contributed by atoms with Gasteiger partial charge in [0.2, 0.25) is 0 Å². The van der Waals surface area contributed by atoms with E-state index >= 15 is 0 Å². The highest BCUT2D eigenvalue weighted by molar-refractivity contribution is 8.00. The summed E-state index contributed by atoms with van der Waals surface area (Å²) in [6.45, 7) is 1.84. The maximum Gasteiger partial charge on any atom is 0.0547 e. The molecular formula is C8H12OS. The van der Waals surface area contributed by atoms with Crippen LogP contribution in [0.15, 0.2) is 0 Å². The standard InChI is InChI=1S/C8H12OS/c1-2-7-10-8-3-5-9-6-4-8/h1,8H,3-7H2. The van der Waals surface area contributed by atoms with E-state index in [0.717, 1.165) is 24.2 Å². The van der Waals surface area contributed by atoms with Gasteiger partial charge in [-0.2, -0.15) is 0 Å². The lowest BCUT2D eigenvalue weighted by Gasteiger charge is -2.20. The van der Waals surface area contributed by atoms with E-state index in [1.54, 1.807) is 0 Å². The molecule has 0 saturated carbocycles. The van der Waals surface area contributed by atoms with Gasteiger partial charge >= 0.3 is 0 Å². The Morgan fingerprint density at radius 1 is 1.50 bits per heavy atom. The van der Waals surface area contributed by atoms with E-state index in [9.17, 15) is 0 Å². The van der Waals surface area contributed by atoms with Gasteiger partial charge in [-0.05, 0) is 12.8 Å². The van der Waals surface area contributed by atoms with Crippen LogP contribution in [-0.4, -0.2) is 24.2 Å². The molecule has 0 aromatic heterocycles. The zero-order valence-corrected chi connectivity index (χ0v) is 6.82. The van der Waals surface area contributed by atoms with Crippen molar-refractivity contribution in [2.24, 2.45) is 0 Å². The Labute approximate surface area is 66.5 Å². The summed E-state index contributed by atoms with van der Waals surface area (Å²) in [5.41, 5.74) is 0. The van der Waals surface area contributed by atoms with Crippen LogP contribution in [0, 0.1) is 12.3 Å². The predicted octanol–water partition coefficient (Wildman–Crippen LogP) is 1.53. The molecule has 0 aromatic rings. The molecule has 0 spiro atoms. The van der Waals surface area contributed by atoms with Crippen molar-refractivity contribution in [2.75, 3.05) is 19.0 Å². The van der Waals surface area contributed by atoms with Crippen LogP contribution in [0.3, 0.4) is 0 Å². The predicted molar refractivity (Wildman–Crippen MR) is 45.1 cm³/mol. The first-order valence-corrected chi connectivity index (χ1v) is 4.61. The molecule has 0 radical (unpaired) electrons. The van der Waals surface area contributed by atoms with Crippen LogP contribution < -0.4 is 0 Å². The van der Waals surface area contributed by atoms with E-state index in [0.29, 0.717) is 0 Å². The molecule has 1 rings (SSSR count). The molecule has 0 aliphatic carbocycles. The second kappa shape index (κ2) is 4.65. The fourth-order valence-corrected chi connectivity index (χ4v) is 1.87. The van der Waals surface area contributed by atoms with Gasteiger partial charge in [0.1, 0.15) is 0 Å². The fraction of sp³-hybridized carbons (Fsp3) is 0.750. The van der Waals surface area contributed by atoms with Crippen LogP contribution in [0.25, 0.3) is 0 Å². The third-order valence-corrected chi connectivity index (χ3v) is 2.85. The number of terminal acetylenes is 1. The summed E-state index contributed by atoms with van der Waals surface area (Å²) in [5.74, 6) is 3.49. The molecule has 10 heavy (non-hydrogen) atoms. The lowest BCUT2D eigenvalue weighted by Crippen LogP contribution is -2.17. The number of hydrogen-bond donors (Lipinski definition) is 0. The van der Waals surface area contributed by atoms with Crippen molar-refractivity contribution in [1.29, 1.82) is 0 Å². The molecular weight excluding hydrogens is 144 g/mol. The van der Waals surface area contributed by atoms with Gasteiger partial charge < -0.3 is 4.74 Å². The highest BCUT2D eigenvalue weighted by Gasteiger charge is 2.12. The van der Waals surface area contributed by atoms with Crippen molar-refractivity contribution < 1.29 is 4.74 Å². The average molecular weight is 156 g/mol. The summed E-state index contributed by atoms with van der Waals surface area (Å²) in [7, 11) is 0. The van der Waals surface area contributed by atoms with E-state index in [4.69, 9.17) is 11.2 Å². The molecule has 0 atom stereocenters. The van der Waals surface area contributed by atoms with Crippen molar-refractivity contribution in [3.05, 3.63) is 0 Å². The Bertz CT molecular complexity index is 122. The topological polar surface area (TPSA) is 9.23 Å². The van der Waals surface area contributed by atoms with Gasteiger partial charge in [-0.25, -0.2) is 0 Å². The molecule has 1 fully saturated rings. The number of rotatable bonds is 2. The molecule has 1 aliphatic rings. The van der Waals surface area contributed by atoms with Crippen molar-refractivity contribution in [3.63, 3.8) is 0 Å². The Hall–Kier alpha value is -0.130. The average Bonchev–Trinajstić information content (AvgIpc) is 2.03. The van der Waals surface area contributed by atoms with Crippen molar-refractivity contribution in [2.45, 2.75) is 18.1 Å². The van der Waals surface area contributed by atoms with Gasteiger partial charge in [0.25, 0.3) is 0 Å². The Balaban J connectivity index is 2.09. The highest BCUT2D eigenvalue weighted by atomic mass is 32.2. The summed E-state index contributed by atoms with van der Waals surface area (Å²) in [6.07, 6.45) is 7.49. The van der Waals surface area contributed by atoms with Gasteiger partial charge in [-0.3, -0.25) is 0 Å². The summed E-state index contributed by atoms with van der Waals surface area (Å²) in [6, 6.07) is 0. The molecule has 0 bridgehead atoms.